The molecule has 4 aromatic rings. The Bertz CT molecular complexity index is 4370. The Morgan fingerprint density at radius 2 is 0.869 bits per heavy atom. The third-order valence-corrected chi connectivity index (χ3v) is 24.4. The molecule has 2 aromatic heterocycles. The first-order valence-electron chi connectivity index (χ1n) is 39.8. The Morgan fingerprint density at radius 3 is 1.17 bits per heavy atom. The van der Waals surface area contributed by atoms with Crippen molar-refractivity contribution in [3.63, 3.8) is 0 Å². The molecule has 33 nitrogen and oxygen atoms in total. The second-order valence-corrected chi connectivity index (χ2v) is 44.5. The van der Waals surface area contributed by atoms with Crippen molar-refractivity contribution in [1.82, 2.24) is 29.8 Å². The first kappa shape index (κ1) is 104. The van der Waals surface area contributed by atoms with Gasteiger partial charge >= 0.3 is 48.0 Å². The summed E-state index contributed by atoms with van der Waals surface area (Å²) in [6, 6.07) is 11.9. The molecule has 4 aliphatic heterocycles. The highest BCUT2D eigenvalue weighted by atomic mass is 32.2. The van der Waals surface area contributed by atoms with Crippen LogP contribution in [0.4, 0.5) is 45.5 Å². The fourth-order valence-electron chi connectivity index (χ4n) is 12.2. The number of nitrogens with zero attached hydrogens (tertiary/aromatic N) is 6. The van der Waals surface area contributed by atoms with Gasteiger partial charge in [-0.3, -0.25) is 9.68 Å². The van der Waals surface area contributed by atoms with Crippen LogP contribution in [0.15, 0.2) is 61.2 Å². The number of hydrogen-bond acceptors (Lipinski definition) is 25. The van der Waals surface area contributed by atoms with E-state index in [1.54, 1.807) is 86.0 Å². The molecule has 2 aromatic carbocycles. The molecule has 6 atom stereocenters. The van der Waals surface area contributed by atoms with E-state index in [-0.39, 0.29) is 54.8 Å². The normalized spacial score (nSPS) is 17.8. The Kier molecular flexibility index (Phi) is 33.9. The van der Waals surface area contributed by atoms with Crippen LogP contribution in [0.1, 0.15) is 183 Å². The van der Waals surface area contributed by atoms with Crippen LogP contribution in [-0.4, -0.2) is 208 Å². The quantitative estimate of drug-likeness (QED) is 0.00713. The molecule has 0 radical (unpaired) electrons. The molecule has 4 aliphatic rings. The van der Waals surface area contributed by atoms with E-state index < -0.39 is 123 Å². The van der Waals surface area contributed by atoms with Crippen LogP contribution in [0.5, 0.6) is 11.5 Å². The van der Waals surface area contributed by atoms with E-state index in [0.29, 0.717) is 83.0 Å². The standard InChI is InChI=1S/C42H69N5O9Si.C36H55N5O9.C2HF3O2.CHF3O3S/c1-38(2,3)52-35(48)42(13,56-43)34-19-17-30-20-29(16-18-33(30)51-34)31-25-46(24-28-22-45(23-28)37(50)54-40(7,8)9)47(26-31)27-32(55-57(14,15)41(10,11)12)21-44-36(49)53-39(4,5)6;1-33(2,3)47-30(43)36(10,50-37)29-14-12-25-15-24(11-13-28(25)46-29)26-20-40(19-23-17-39(18-23)32(45)49-35(7,8)9)41(21-26)22-27(42)16-38-31(44)48-34(4,5)6;3-2(4,5)1(6)7;2-1(3,4)8(5,6)7/h16,18,20,25-26,28,32,34H,17,19,21-24,27,43H2,1-15H3;11,13,15,20-21,23,27,29,42H,12,14,16-19,22,37H2,1-10H3;(H,6,7);(H,5,6,7)/t32-,34+,42-;27-,29+,36-;;/m00../s1. The summed E-state index contributed by atoms with van der Waals surface area (Å²) >= 11 is 0. The molecule has 6 heterocycles. The van der Waals surface area contributed by atoms with Crippen LogP contribution in [-0.2, 0) is 106 Å². The van der Waals surface area contributed by atoms with Crippen molar-refractivity contribution in [2.45, 2.75) is 310 Å². The summed E-state index contributed by atoms with van der Waals surface area (Å²) in [6.07, 6.45) is 0.957. The fourth-order valence-corrected chi connectivity index (χ4v) is 13.6. The molecule has 2 fully saturated rings. The van der Waals surface area contributed by atoms with Crippen molar-refractivity contribution >= 4 is 60.7 Å². The number of halogens is 6. The van der Waals surface area contributed by atoms with Crippen molar-refractivity contribution < 1.29 is 144 Å². The van der Waals surface area contributed by atoms with Gasteiger partial charge in [0, 0.05) is 39.3 Å². The number of aliphatic hydroxyl groups is 1. The van der Waals surface area contributed by atoms with Gasteiger partial charge in [0.15, 0.2) is 31.5 Å². The van der Waals surface area contributed by atoms with E-state index in [4.69, 9.17) is 86.7 Å². The van der Waals surface area contributed by atoms with Gasteiger partial charge in [-0.15, -0.1) is 9.36 Å². The van der Waals surface area contributed by atoms with Crippen LogP contribution in [0.25, 0.3) is 22.3 Å². The first-order valence-corrected chi connectivity index (χ1v) is 44.1. The van der Waals surface area contributed by atoms with E-state index in [1.807, 2.05) is 108 Å². The van der Waals surface area contributed by atoms with E-state index in [0.717, 1.165) is 33.4 Å². The van der Waals surface area contributed by atoms with Gasteiger partial charge in [-0.05, 0) is 229 Å². The minimum absolute atomic E-state index is 0.00432. The number of carboxylic acid groups (broad SMARTS) is 1. The largest absolute Gasteiger partial charge is 0.741 e. The second-order valence-electron chi connectivity index (χ2n) is 38.4. The molecule has 7 N–H and O–H groups in total. The number of aromatic nitrogens is 4. The van der Waals surface area contributed by atoms with Gasteiger partial charge in [0.05, 0.1) is 47.6 Å². The summed E-state index contributed by atoms with van der Waals surface area (Å²) in [7, 11) is -8.36. The summed E-state index contributed by atoms with van der Waals surface area (Å²) in [4.78, 5) is 99.1. The van der Waals surface area contributed by atoms with Gasteiger partial charge in [-0.25, -0.2) is 49.0 Å². The molecule has 0 spiro atoms. The number of nitrogens with two attached hydrogens (primary N) is 2. The number of carbonyl (C=O) groups excluding carboxylic acids is 7. The molecule has 8 rings (SSSR count). The third-order valence-electron chi connectivity index (χ3n) is 19.3. The molecular weight excluding hydrogens is 1660 g/mol. The number of alkyl halides is 6. The second kappa shape index (κ2) is 39.7. The number of likely N-dealkylation sites (tertiary alicyclic amines) is 2. The molecule has 0 bridgehead atoms. The van der Waals surface area contributed by atoms with E-state index in [1.165, 1.54) is 0 Å². The van der Waals surface area contributed by atoms with Gasteiger partial charge < -0.3 is 82.3 Å². The zero-order valence-electron chi connectivity index (χ0n) is 74.6. The van der Waals surface area contributed by atoms with Crippen LogP contribution in [0.2, 0.25) is 18.1 Å². The van der Waals surface area contributed by atoms with Crippen molar-refractivity contribution in [3.8, 4) is 33.8 Å². The molecule has 4 amide bonds. The molecule has 41 heteroatoms. The number of hydrogen-bond donors (Lipinski definition) is 5. The van der Waals surface area contributed by atoms with Crippen LogP contribution < -0.4 is 46.4 Å². The van der Waals surface area contributed by atoms with Crippen molar-refractivity contribution in [3.05, 3.63) is 72.3 Å². The van der Waals surface area contributed by atoms with Gasteiger partial charge in [-0.1, -0.05) is 32.9 Å². The topological polar surface area (TPSA) is 422 Å². The number of aliphatic carboxylic acids is 1. The first-order chi connectivity index (χ1) is 55.2. The summed E-state index contributed by atoms with van der Waals surface area (Å²) < 4.78 is 152. The average molecular weight is 1780 g/mol. The molecule has 0 aliphatic carbocycles. The smallest absolute Gasteiger partial charge is 0.485 e. The number of rotatable bonds is 22. The number of aryl methyl sites for hydroxylation is 2. The van der Waals surface area contributed by atoms with Crippen LogP contribution in [0, 0.1) is 11.8 Å². The van der Waals surface area contributed by atoms with Crippen molar-refractivity contribution in [2.24, 2.45) is 23.6 Å². The minimum atomic E-state index is -6.09. The van der Waals surface area contributed by atoms with Gasteiger partial charge in [0.2, 0.25) is 23.6 Å². The molecule has 2 saturated heterocycles. The molecule has 122 heavy (non-hydrogen) atoms. The van der Waals surface area contributed by atoms with Crippen molar-refractivity contribution in [2.75, 3.05) is 39.3 Å². The highest BCUT2D eigenvalue weighted by Crippen LogP contribution is 2.41. The highest BCUT2D eigenvalue weighted by Gasteiger charge is 2.51. The summed E-state index contributed by atoms with van der Waals surface area (Å²) in [6.45, 7) is 51.4. The van der Waals surface area contributed by atoms with E-state index in [2.05, 4.69) is 78.4 Å². The van der Waals surface area contributed by atoms with Crippen LogP contribution in [0.3, 0.4) is 0 Å². The maximum atomic E-state index is 13.2. The van der Waals surface area contributed by atoms with Gasteiger partial charge in [0.1, 0.15) is 76.4 Å². The number of esters is 2. The SMILES string of the molecule is CC(C)(C)OC(=O)NC[C@@H](Cn1cc(-c2ccc3c(c2)CC[C@H]([C@](C)(ON)C(=O)OC(C)(C)C)O3)c[n+]1CC1CN(C(=O)OC(C)(C)C)C1)O[Si](C)(C)C(C)(C)C.CC(C)(C)OC(=O)NC[C@H](O)Cn1cc(-c2ccc3c(c2)CC[C@H]([C@](C)(ON)C(=O)OC(C)(C)C)O3)c[n+]1CC1CN(C(=O)OC(C)(C)C)C1.O=C([O-])C(F)(F)F.O=S(=O)([O-])C(F)(F)F. The molecule has 0 saturated carbocycles. The number of nitrogens with one attached hydrogen (secondary N) is 2. The number of alkyl carbamates (subject to hydrolysis) is 2. The summed E-state index contributed by atoms with van der Waals surface area (Å²) in [5.41, 5.74) is -6.69. The lowest BCUT2D eigenvalue weighted by atomic mass is 9.89. The van der Waals surface area contributed by atoms with Gasteiger partial charge in [-0.2, -0.15) is 35.7 Å². The predicted octanol–water partition coefficient (Wildman–Crippen LogP) is 10.1. The number of benzene rings is 2. The monoisotopic (exact) mass is 1780 g/mol. The number of carbonyl (C=O) groups is 7. The van der Waals surface area contributed by atoms with E-state index >= 15 is 0 Å². The summed E-state index contributed by atoms with van der Waals surface area (Å²) in [5.74, 6) is 8.82. The van der Waals surface area contributed by atoms with E-state index in [9.17, 15) is 60.2 Å². The lowest BCUT2D eigenvalue weighted by Gasteiger charge is -2.39. The number of carboxylic acids is 1. The lowest BCUT2D eigenvalue weighted by molar-refractivity contribution is -0.782. The Morgan fingerprint density at radius 1 is 0.541 bits per heavy atom. The predicted molar refractivity (Wildman–Crippen MR) is 431 cm³/mol. The number of ether oxygens (including phenoxy) is 8. The third kappa shape index (κ3) is 31.9. The zero-order chi connectivity index (χ0) is 93.3. The van der Waals surface area contributed by atoms with Gasteiger partial charge in [0.25, 0.3) is 0 Å². The molecule has 0 unspecified atom stereocenters. The number of aliphatic hydroxyl groups excluding tert-OH is 1. The highest BCUT2D eigenvalue weighted by molar-refractivity contribution is 7.86. The lowest BCUT2D eigenvalue weighted by Crippen LogP contribution is -2.58. The number of amides is 4. The minimum Gasteiger partial charge on any atom is -0.741 e. The number of fused-ring (bicyclic) bond motifs is 2. The average Bonchev–Trinajstić information content (AvgIpc) is 1.20. The Hall–Kier alpha value is -8.58. The maximum absolute atomic E-state index is 13.2. The summed E-state index contributed by atoms with van der Waals surface area (Å²) in [5, 5.41) is 25.2. The Balaban J connectivity index is 0.000000372. The zero-order valence-corrected chi connectivity index (χ0v) is 76.4. The molecular formula is C81H126F6N10O23SSi. The fraction of sp³-hybridized carbons (Fsp3) is 0.691. The Labute approximate surface area is 711 Å². The van der Waals surface area contributed by atoms with Crippen molar-refractivity contribution in [1.29, 1.82) is 0 Å². The molecule has 690 valence electrons. The maximum Gasteiger partial charge on any atom is 0.485 e. The van der Waals surface area contributed by atoms with Crippen LogP contribution >= 0.6 is 0 Å².